The van der Waals surface area contributed by atoms with E-state index in [9.17, 15) is 0 Å². The highest BCUT2D eigenvalue weighted by molar-refractivity contribution is 6.12. The van der Waals surface area contributed by atoms with Gasteiger partial charge in [0.15, 0.2) is 0 Å². The molecule has 0 amide bonds. The SMILES string of the molecule is CCN(CC)CCCNC1=CCNc2c1cc1c3cc(OC)ccc3n(C)c1c2C. The van der Waals surface area contributed by atoms with Crippen molar-refractivity contribution in [2.24, 2.45) is 7.05 Å². The molecular weight excluding hydrogens is 372 g/mol. The molecule has 5 nitrogen and oxygen atoms in total. The van der Waals surface area contributed by atoms with E-state index >= 15 is 0 Å². The molecule has 1 aliphatic rings. The first-order valence-corrected chi connectivity index (χ1v) is 11.1. The van der Waals surface area contributed by atoms with Crippen molar-refractivity contribution in [2.75, 3.05) is 45.2 Å². The zero-order valence-corrected chi connectivity index (χ0v) is 18.9. The molecule has 2 N–H and O–H groups in total. The van der Waals surface area contributed by atoms with E-state index in [1.165, 1.54) is 44.3 Å². The highest BCUT2D eigenvalue weighted by Crippen LogP contribution is 2.40. The number of benzene rings is 2. The molecule has 2 aromatic carbocycles. The zero-order valence-electron chi connectivity index (χ0n) is 18.9. The van der Waals surface area contributed by atoms with E-state index in [0.717, 1.165) is 44.9 Å². The lowest BCUT2D eigenvalue weighted by atomic mass is 9.97. The summed E-state index contributed by atoms with van der Waals surface area (Å²) in [4.78, 5) is 2.48. The van der Waals surface area contributed by atoms with E-state index in [2.05, 4.69) is 72.2 Å². The summed E-state index contributed by atoms with van der Waals surface area (Å²) in [5, 5.41) is 9.84. The molecule has 0 bridgehead atoms. The molecule has 30 heavy (non-hydrogen) atoms. The quantitative estimate of drug-likeness (QED) is 0.531. The van der Waals surface area contributed by atoms with Crippen molar-refractivity contribution in [1.29, 1.82) is 0 Å². The fourth-order valence-corrected chi connectivity index (χ4v) is 4.75. The largest absolute Gasteiger partial charge is 0.497 e. The lowest BCUT2D eigenvalue weighted by molar-refractivity contribution is 0.300. The molecule has 160 valence electrons. The topological polar surface area (TPSA) is 41.5 Å². The standard InChI is InChI=1S/C25H34N4O/c1-6-29(7-2)14-8-12-26-22-11-13-27-24-17(3)25-20(16-21(22)24)19-15-18(30-5)9-10-23(19)28(25)4/h9-11,15-16,26-27H,6-8,12-14H2,1-5H3. The summed E-state index contributed by atoms with van der Waals surface area (Å²) in [5.74, 6) is 0.897. The summed E-state index contributed by atoms with van der Waals surface area (Å²) >= 11 is 0. The predicted molar refractivity (Wildman–Crippen MR) is 129 cm³/mol. The summed E-state index contributed by atoms with van der Waals surface area (Å²) in [5.41, 5.74) is 7.57. The molecule has 0 spiro atoms. The van der Waals surface area contributed by atoms with Crippen molar-refractivity contribution in [3.8, 4) is 5.75 Å². The minimum absolute atomic E-state index is 0.857. The second kappa shape index (κ2) is 8.60. The van der Waals surface area contributed by atoms with Crippen LogP contribution in [-0.2, 0) is 7.05 Å². The summed E-state index contributed by atoms with van der Waals surface area (Å²) < 4.78 is 7.80. The maximum atomic E-state index is 5.50. The second-order valence-corrected chi connectivity index (χ2v) is 8.07. The first-order valence-electron chi connectivity index (χ1n) is 11.1. The van der Waals surface area contributed by atoms with Gasteiger partial charge in [0.05, 0.1) is 12.6 Å². The van der Waals surface area contributed by atoms with Gasteiger partial charge < -0.3 is 24.8 Å². The van der Waals surface area contributed by atoms with Gasteiger partial charge >= 0.3 is 0 Å². The van der Waals surface area contributed by atoms with E-state index < -0.39 is 0 Å². The van der Waals surface area contributed by atoms with E-state index in [1.807, 2.05) is 6.07 Å². The third-order valence-electron chi connectivity index (χ3n) is 6.47. The van der Waals surface area contributed by atoms with Crippen LogP contribution in [0.2, 0.25) is 0 Å². The van der Waals surface area contributed by atoms with E-state index in [0.29, 0.717) is 0 Å². The maximum Gasteiger partial charge on any atom is 0.119 e. The Bertz CT molecular complexity index is 1090. The zero-order chi connectivity index (χ0) is 21.3. The number of hydrogen-bond donors (Lipinski definition) is 2. The van der Waals surface area contributed by atoms with Gasteiger partial charge in [-0.3, -0.25) is 0 Å². The maximum absolute atomic E-state index is 5.50. The van der Waals surface area contributed by atoms with Crippen molar-refractivity contribution >= 4 is 33.2 Å². The van der Waals surface area contributed by atoms with E-state index in [1.54, 1.807) is 7.11 Å². The average molecular weight is 407 g/mol. The molecule has 3 aromatic rings. The van der Waals surface area contributed by atoms with Crippen molar-refractivity contribution < 1.29 is 4.74 Å². The van der Waals surface area contributed by atoms with Crippen LogP contribution in [0.25, 0.3) is 27.5 Å². The smallest absolute Gasteiger partial charge is 0.119 e. The monoisotopic (exact) mass is 406 g/mol. The molecule has 0 unspecified atom stereocenters. The average Bonchev–Trinajstić information content (AvgIpc) is 3.06. The Hall–Kier alpha value is -2.66. The van der Waals surface area contributed by atoms with Gasteiger partial charge in [-0.1, -0.05) is 13.8 Å². The number of hydrogen-bond acceptors (Lipinski definition) is 4. The number of nitrogens with one attached hydrogen (secondary N) is 2. The van der Waals surface area contributed by atoms with Gasteiger partial charge in [-0.05, 0) is 68.9 Å². The summed E-state index contributed by atoms with van der Waals surface area (Å²) in [6, 6.07) is 8.69. The fourth-order valence-electron chi connectivity index (χ4n) is 4.75. The molecule has 1 aliphatic heterocycles. The Morgan fingerprint density at radius 2 is 1.97 bits per heavy atom. The molecule has 4 rings (SSSR count). The van der Waals surface area contributed by atoms with Gasteiger partial charge in [-0.2, -0.15) is 0 Å². The first kappa shape index (κ1) is 20.6. The number of anilines is 1. The summed E-state index contributed by atoms with van der Waals surface area (Å²) in [6.07, 6.45) is 3.42. The molecule has 2 heterocycles. The van der Waals surface area contributed by atoms with Crippen molar-refractivity contribution in [3.05, 3.63) is 41.5 Å². The highest BCUT2D eigenvalue weighted by atomic mass is 16.5. The van der Waals surface area contributed by atoms with Crippen LogP contribution in [-0.4, -0.2) is 49.3 Å². The van der Waals surface area contributed by atoms with Crippen LogP contribution >= 0.6 is 0 Å². The van der Waals surface area contributed by atoms with Gasteiger partial charge in [0.2, 0.25) is 0 Å². The van der Waals surface area contributed by atoms with Crippen LogP contribution in [0.15, 0.2) is 30.3 Å². The summed E-state index contributed by atoms with van der Waals surface area (Å²) in [6.45, 7) is 11.9. The Kier molecular flexibility index (Phi) is 5.91. The molecule has 0 fully saturated rings. The third-order valence-corrected chi connectivity index (χ3v) is 6.47. The minimum atomic E-state index is 0.857. The van der Waals surface area contributed by atoms with Gasteiger partial charge in [0, 0.05) is 53.4 Å². The molecule has 5 heteroatoms. The molecule has 0 saturated heterocycles. The minimum Gasteiger partial charge on any atom is -0.497 e. The number of methoxy groups -OCH3 is 1. The highest BCUT2D eigenvalue weighted by Gasteiger charge is 2.20. The number of ether oxygens (including phenoxy) is 1. The predicted octanol–water partition coefficient (Wildman–Crippen LogP) is 4.74. The lowest BCUT2D eigenvalue weighted by Crippen LogP contribution is -2.27. The number of fused-ring (bicyclic) bond motifs is 4. The van der Waals surface area contributed by atoms with Crippen LogP contribution in [0.1, 0.15) is 31.4 Å². The molecule has 0 atom stereocenters. The van der Waals surface area contributed by atoms with Crippen molar-refractivity contribution in [3.63, 3.8) is 0 Å². The van der Waals surface area contributed by atoms with Crippen LogP contribution < -0.4 is 15.4 Å². The summed E-state index contributed by atoms with van der Waals surface area (Å²) in [7, 11) is 3.88. The Morgan fingerprint density at radius 1 is 1.17 bits per heavy atom. The van der Waals surface area contributed by atoms with Gasteiger partial charge in [-0.25, -0.2) is 0 Å². The molecule has 1 aromatic heterocycles. The first-order chi connectivity index (χ1) is 14.6. The fraction of sp³-hybridized carbons (Fsp3) is 0.440. The molecular formula is C25H34N4O. The van der Waals surface area contributed by atoms with Crippen LogP contribution in [0.4, 0.5) is 5.69 Å². The number of nitrogens with zero attached hydrogens (tertiary/aromatic N) is 2. The molecule has 0 radical (unpaired) electrons. The Morgan fingerprint density at radius 3 is 2.70 bits per heavy atom. The Balaban J connectivity index is 1.70. The number of aryl methyl sites for hydroxylation is 2. The van der Waals surface area contributed by atoms with E-state index in [-0.39, 0.29) is 0 Å². The third kappa shape index (κ3) is 3.52. The Labute approximate surface area is 179 Å². The van der Waals surface area contributed by atoms with Gasteiger partial charge in [0.25, 0.3) is 0 Å². The molecule has 0 aliphatic carbocycles. The van der Waals surface area contributed by atoms with Crippen LogP contribution in [0, 0.1) is 6.92 Å². The lowest BCUT2D eigenvalue weighted by Gasteiger charge is -2.24. The number of rotatable bonds is 8. The van der Waals surface area contributed by atoms with Crippen molar-refractivity contribution in [2.45, 2.75) is 27.2 Å². The second-order valence-electron chi connectivity index (χ2n) is 8.07. The van der Waals surface area contributed by atoms with Crippen LogP contribution in [0.3, 0.4) is 0 Å². The normalized spacial score (nSPS) is 13.5. The number of aromatic nitrogens is 1. The molecule has 0 saturated carbocycles. The van der Waals surface area contributed by atoms with E-state index in [4.69, 9.17) is 4.74 Å². The van der Waals surface area contributed by atoms with Crippen LogP contribution in [0.5, 0.6) is 5.75 Å². The van der Waals surface area contributed by atoms with Crippen molar-refractivity contribution in [1.82, 2.24) is 14.8 Å². The van der Waals surface area contributed by atoms with Gasteiger partial charge in [0.1, 0.15) is 5.75 Å². The van der Waals surface area contributed by atoms with Gasteiger partial charge in [-0.15, -0.1) is 0 Å².